The number of aliphatic carboxylic acids is 1. The zero-order valence-corrected chi connectivity index (χ0v) is 24.8. The Morgan fingerprint density at radius 3 is 2.56 bits per heavy atom. The van der Waals surface area contributed by atoms with Gasteiger partial charge in [-0.15, -0.1) is 0 Å². The van der Waals surface area contributed by atoms with Crippen LogP contribution in [0.3, 0.4) is 0 Å². The van der Waals surface area contributed by atoms with E-state index in [1.807, 2.05) is 6.07 Å². The van der Waals surface area contributed by atoms with Crippen molar-refractivity contribution in [2.24, 2.45) is 0 Å². The van der Waals surface area contributed by atoms with Crippen molar-refractivity contribution in [3.05, 3.63) is 81.3 Å². The van der Waals surface area contributed by atoms with E-state index in [1.165, 1.54) is 6.07 Å². The van der Waals surface area contributed by atoms with Crippen molar-refractivity contribution in [3.63, 3.8) is 0 Å². The number of hydrogen-bond acceptors (Lipinski definition) is 6. The van der Waals surface area contributed by atoms with Gasteiger partial charge in [-0.05, 0) is 60.9 Å². The van der Waals surface area contributed by atoms with Gasteiger partial charge in [0, 0.05) is 47.1 Å². The van der Waals surface area contributed by atoms with Crippen LogP contribution in [-0.2, 0) is 11.2 Å². The van der Waals surface area contributed by atoms with Crippen molar-refractivity contribution in [2.45, 2.75) is 25.2 Å². The topological polar surface area (TPSA) is 96.9 Å². The van der Waals surface area contributed by atoms with Crippen molar-refractivity contribution < 1.29 is 62.9 Å². The summed E-state index contributed by atoms with van der Waals surface area (Å²) in [7, 11) is 0. The van der Waals surface area contributed by atoms with Crippen LogP contribution in [0.1, 0.15) is 40.2 Å². The van der Waals surface area contributed by atoms with Gasteiger partial charge in [0.2, 0.25) is 0 Å². The Morgan fingerprint density at radius 1 is 1.08 bits per heavy atom. The van der Waals surface area contributed by atoms with E-state index in [2.05, 4.69) is 5.32 Å². The van der Waals surface area contributed by atoms with Crippen LogP contribution in [0.5, 0.6) is 23.0 Å². The first kappa shape index (κ1) is 31.0. The number of ether oxygens (including phenoxy) is 3. The molecule has 1 aliphatic heterocycles. The van der Waals surface area contributed by atoms with E-state index in [0.29, 0.717) is 58.5 Å². The smallest absolute Gasteiger partial charge is 0.549 e. The summed E-state index contributed by atoms with van der Waals surface area (Å²) in [5.74, 6) is -0.535. The van der Waals surface area contributed by atoms with Crippen LogP contribution in [-0.4, -0.2) is 38.3 Å². The summed E-state index contributed by atoms with van der Waals surface area (Å²) in [6, 6.07) is 14.8. The molecule has 1 atom stereocenters. The van der Waals surface area contributed by atoms with Gasteiger partial charge in [-0.3, -0.25) is 9.18 Å². The second-order valence-corrected chi connectivity index (χ2v) is 9.45. The summed E-state index contributed by atoms with van der Waals surface area (Å²) in [6.45, 7) is 0.391. The number of benzene rings is 3. The molecule has 1 heterocycles. The average molecular weight is 584 g/mol. The van der Waals surface area contributed by atoms with E-state index >= 15 is 0 Å². The van der Waals surface area contributed by atoms with Crippen LogP contribution in [0.4, 0.5) is 4.39 Å². The quantitative estimate of drug-likeness (QED) is 0.274. The number of halogens is 3. The number of alkyl halides is 1. The first-order valence-corrected chi connectivity index (χ1v) is 12.8. The second kappa shape index (κ2) is 14.8. The minimum absolute atomic E-state index is 0. The third kappa shape index (κ3) is 8.25. The summed E-state index contributed by atoms with van der Waals surface area (Å²) in [5, 5.41) is 15.0. The van der Waals surface area contributed by atoms with Gasteiger partial charge in [0.1, 0.15) is 23.0 Å². The molecule has 4 rings (SSSR count). The number of rotatable bonds is 11. The molecule has 0 radical (unpaired) electrons. The summed E-state index contributed by atoms with van der Waals surface area (Å²) < 4.78 is 29.4. The Kier molecular flexibility index (Phi) is 11.8. The van der Waals surface area contributed by atoms with E-state index in [-0.39, 0.29) is 60.1 Å². The molecule has 0 fully saturated rings. The number of carbonyl (C=O) groups excluding carboxylic acids is 2. The molecule has 0 saturated carbocycles. The molecule has 3 aromatic rings. The van der Waals surface area contributed by atoms with Gasteiger partial charge in [0.15, 0.2) is 0 Å². The Hall–Kier alpha value is -2.49. The molecule has 0 bridgehead atoms. The van der Waals surface area contributed by atoms with Gasteiger partial charge in [0.25, 0.3) is 5.91 Å². The fourth-order valence-electron chi connectivity index (χ4n) is 4.03. The Balaban J connectivity index is 0.00000420. The third-order valence-corrected chi connectivity index (χ3v) is 6.51. The van der Waals surface area contributed by atoms with Gasteiger partial charge in [-0.2, -0.15) is 0 Å². The van der Waals surface area contributed by atoms with Gasteiger partial charge in [-0.25, -0.2) is 0 Å². The summed E-state index contributed by atoms with van der Waals surface area (Å²) in [4.78, 5) is 24.0. The third-order valence-electron chi connectivity index (χ3n) is 5.98. The summed E-state index contributed by atoms with van der Waals surface area (Å²) in [5.41, 5.74) is 1.75. The fraction of sp³-hybridized carbons (Fsp3) is 0.286. The molecule has 0 aliphatic carbocycles. The number of hydrogen-bond donors (Lipinski definition) is 1. The van der Waals surface area contributed by atoms with Gasteiger partial charge in [0.05, 0.1) is 24.9 Å². The van der Waals surface area contributed by atoms with Crippen molar-refractivity contribution in [1.82, 2.24) is 5.32 Å². The van der Waals surface area contributed by atoms with Crippen LogP contribution in [0.25, 0.3) is 0 Å². The molecule has 200 valence electrons. The van der Waals surface area contributed by atoms with Crippen molar-refractivity contribution in [1.29, 1.82) is 0 Å². The first-order valence-electron chi connectivity index (χ1n) is 12.1. The minimum atomic E-state index is -1.18. The van der Waals surface area contributed by atoms with E-state index in [1.54, 1.807) is 42.5 Å². The molecule has 1 unspecified atom stereocenters. The zero-order chi connectivity index (χ0) is 27.1. The monoisotopic (exact) mass is 583 g/mol. The van der Waals surface area contributed by atoms with Crippen LogP contribution < -0.4 is 54.2 Å². The summed E-state index contributed by atoms with van der Waals surface area (Å²) >= 11 is 12.4. The van der Waals surface area contributed by atoms with E-state index in [9.17, 15) is 19.1 Å². The van der Waals surface area contributed by atoms with Crippen LogP contribution in [0, 0.1) is 0 Å². The number of nitrogens with one attached hydrogen (secondary N) is 1. The van der Waals surface area contributed by atoms with Gasteiger partial charge in [-0.1, -0.05) is 29.3 Å². The van der Waals surface area contributed by atoms with Gasteiger partial charge < -0.3 is 29.4 Å². The standard InChI is InChI=1S/C28H26Cl2FNO6.Na/c29-19-5-2-17(24(14-19)36-12-1-10-31)8-11-32-27(33)18-3-6-20(7-4-18)38-26-16-25-22(15-23(26)30)21(28(34)35)9-13-37-25;/h2-7,14-16,21H,1,8-13H2,(H,32,33)(H,34,35);/q;+1/p-1. The van der Waals surface area contributed by atoms with Gasteiger partial charge >= 0.3 is 29.6 Å². The average Bonchev–Trinajstić information content (AvgIpc) is 2.90. The first-order chi connectivity index (χ1) is 18.4. The molecule has 11 heteroatoms. The molecule has 0 saturated heterocycles. The normalized spacial score (nSPS) is 13.9. The number of carbonyl (C=O) groups is 2. The van der Waals surface area contributed by atoms with Crippen LogP contribution >= 0.6 is 23.2 Å². The molecule has 0 spiro atoms. The van der Waals surface area contributed by atoms with Crippen molar-refractivity contribution >= 4 is 35.1 Å². The van der Waals surface area contributed by atoms with Crippen molar-refractivity contribution in [2.75, 3.05) is 26.4 Å². The van der Waals surface area contributed by atoms with Crippen LogP contribution in [0.2, 0.25) is 10.0 Å². The van der Waals surface area contributed by atoms with E-state index in [0.717, 1.165) is 5.56 Å². The largest absolute Gasteiger partial charge is 1.00 e. The molecule has 1 amide bonds. The number of carboxylic acid groups (broad SMARTS) is 1. The Morgan fingerprint density at radius 2 is 1.85 bits per heavy atom. The molecule has 1 aliphatic rings. The minimum Gasteiger partial charge on any atom is -0.549 e. The maximum Gasteiger partial charge on any atom is 1.00 e. The molecular formula is C28H25Cl2FNNaO6. The molecule has 1 N–H and O–H groups in total. The number of amides is 1. The Bertz CT molecular complexity index is 1310. The van der Waals surface area contributed by atoms with Crippen molar-refractivity contribution in [3.8, 4) is 23.0 Å². The molecule has 39 heavy (non-hydrogen) atoms. The number of carboxylic acids is 1. The molecular weight excluding hydrogens is 559 g/mol. The molecule has 7 nitrogen and oxygen atoms in total. The summed E-state index contributed by atoms with van der Waals surface area (Å²) in [6.07, 6.45) is 1.11. The maximum atomic E-state index is 12.6. The Labute approximate surface area is 257 Å². The second-order valence-electron chi connectivity index (χ2n) is 8.60. The number of fused-ring (bicyclic) bond motifs is 1. The predicted molar refractivity (Wildman–Crippen MR) is 139 cm³/mol. The zero-order valence-electron chi connectivity index (χ0n) is 21.3. The SMILES string of the molecule is O=C(NCCc1ccc(Cl)cc1OCCCF)c1ccc(Oc2cc3c(cc2Cl)C(C(=O)[O-])CCO3)cc1.[Na+]. The molecule has 0 aromatic heterocycles. The predicted octanol–water partition coefficient (Wildman–Crippen LogP) is 2.12. The van der Waals surface area contributed by atoms with Crippen LogP contribution in [0.15, 0.2) is 54.6 Å². The fourth-order valence-corrected chi connectivity index (χ4v) is 4.41. The maximum absolute atomic E-state index is 12.6. The van der Waals surface area contributed by atoms with E-state index in [4.69, 9.17) is 37.4 Å². The van der Waals surface area contributed by atoms with E-state index < -0.39 is 18.6 Å². The molecule has 3 aromatic carbocycles.